The highest BCUT2D eigenvalue weighted by molar-refractivity contribution is 9.06. The van der Waals surface area contributed by atoms with Gasteiger partial charge in [-0.1, -0.05) is 53.7 Å². The maximum atomic E-state index is 11.3. The van der Waals surface area contributed by atoms with Crippen LogP contribution in [0.5, 0.6) is 5.75 Å². The molecule has 1 aromatic carbocycles. The third-order valence-corrected chi connectivity index (χ3v) is 3.85. The van der Waals surface area contributed by atoms with Gasteiger partial charge in [0.25, 0.3) is 0 Å². The lowest BCUT2D eigenvalue weighted by atomic mass is 9.78. The summed E-state index contributed by atoms with van der Waals surface area (Å²) in [5.74, 6) is 0.0690. The van der Waals surface area contributed by atoms with Gasteiger partial charge in [0.2, 0.25) is 0 Å². The maximum absolute atomic E-state index is 11.3. The molecule has 1 N–H and O–H groups in total. The Labute approximate surface area is 136 Å². The van der Waals surface area contributed by atoms with Gasteiger partial charge in [0.15, 0.2) is 16.3 Å². The van der Waals surface area contributed by atoms with Gasteiger partial charge in [0.05, 0.1) is 6.42 Å². The molecular formula is C17H25BrO3. The van der Waals surface area contributed by atoms with E-state index in [-0.39, 0.29) is 16.8 Å². The normalized spacial score (nSPS) is 12.3. The van der Waals surface area contributed by atoms with Crippen LogP contribution in [0.2, 0.25) is 0 Å². The van der Waals surface area contributed by atoms with Crippen molar-refractivity contribution in [2.24, 2.45) is 0 Å². The van der Waals surface area contributed by atoms with Crippen molar-refractivity contribution < 1.29 is 13.7 Å². The van der Waals surface area contributed by atoms with Gasteiger partial charge in [0, 0.05) is 0 Å². The molecule has 0 unspecified atom stereocenters. The molecule has 0 aliphatic carbocycles. The summed E-state index contributed by atoms with van der Waals surface area (Å²) in [7, 11) is 0. The van der Waals surface area contributed by atoms with E-state index < -0.39 is 0 Å². The van der Waals surface area contributed by atoms with Gasteiger partial charge < -0.3 is 8.93 Å². The van der Waals surface area contributed by atoms with E-state index >= 15 is 0 Å². The molecular weight excluding hydrogens is 332 g/mol. The van der Waals surface area contributed by atoms with Crippen molar-refractivity contribution in [3.63, 3.8) is 0 Å². The minimum Gasteiger partial charge on any atom is -0.507 e. The zero-order valence-electron chi connectivity index (χ0n) is 13.7. The summed E-state index contributed by atoms with van der Waals surface area (Å²) < 4.78 is 4.51. The molecule has 3 nitrogen and oxygen atoms in total. The minimum absolute atomic E-state index is 0.157. The lowest BCUT2D eigenvalue weighted by molar-refractivity contribution is -0.132. The SMILES string of the molecule is CC(C)(C)c1cc(CCC(=O)OBr)cc(C(C)(C)C)c1O. The smallest absolute Gasteiger partial charge is 0.317 e. The summed E-state index contributed by atoms with van der Waals surface area (Å²) in [6.07, 6.45) is 0.903. The fourth-order valence-electron chi connectivity index (χ4n) is 2.27. The van der Waals surface area contributed by atoms with E-state index in [4.69, 9.17) is 0 Å². The van der Waals surface area contributed by atoms with Crippen LogP contribution in [0.3, 0.4) is 0 Å². The Morgan fingerprint density at radius 1 is 1.10 bits per heavy atom. The molecule has 0 fully saturated rings. The van der Waals surface area contributed by atoms with Gasteiger partial charge in [-0.3, -0.25) is 4.79 Å². The van der Waals surface area contributed by atoms with Crippen LogP contribution in [0.15, 0.2) is 12.1 Å². The maximum Gasteiger partial charge on any atom is 0.317 e. The van der Waals surface area contributed by atoms with Gasteiger partial charge in [-0.05, 0) is 33.9 Å². The van der Waals surface area contributed by atoms with E-state index in [0.717, 1.165) is 16.7 Å². The topological polar surface area (TPSA) is 46.5 Å². The molecule has 21 heavy (non-hydrogen) atoms. The van der Waals surface area contributed by atoms with Gasteiger partial charge in [0.1, 0.15) is 5.75 Å². The first-order valence-electron chi connectivity index (χ1n) is 7.15. The van der Waals surface area contributed by atoms with E-state index in [1.165, 1.54) is 0 Å². The molecule has 0 aliphatic heterocycles. The second-order valence-electron chi connectivity index (χ2n) is 7.49. The number of carbonyl (C=O) groups excluding carboxylic acids is 1. The van der Waals surface area contributed by atoms with E-state index in [2.05, 4.69) is 61.6 Å². The van der Waals surface area contributed by atoms with Gasteiger partial charge in [-0.25, -0.2) is 0 Å². The quantitative estimate of drug-likeness (QED) is 0.847. The molecule has 0 atom stereocenters. The standard InChI is InChI=1S/C17H25BrO3/c1-16(2,3)12-9-11(7-8-14(19)21-18)10-13(15(12)20)17(4,5)6/h9-10,20H,7-8H2,1-6H3. The van der Waals surface area contributed by atoms with Crippen LogP contribution in [-0.4, -0.2) is 11.1 Å². The van der Waals surface area contributed by atoms with Crippen LogP contribution >= 0.6 is 16.3 Å². The second-order valence-corrected chi connectivity index (χ2v) is 7.81. The molecule has 118 valence electrons. The number of benzene rings is 1. The number of hydrogen-bond acceptors (Lipinski definition) is 3. The first-order chi connectivity index (χ1) is 9.46. The number of carbonyl (C=O) groups is 1. The zero-order chi connectivity index (χ0) is 16.4. The fourth-order valence-corrected chi connectivity index (χ4v) is 2.43. The fraction of sp³-hybridized carbons (Fsp3) is 0.588. The first kappa shape index (κ1) is 18.0. The lowest BCUT2D eigenvalue weighted by Gasteiger charge is -2.28. The zero-order valence-corrected chi connectivity index (χ0v) is 15.3. The molecule has 0 bridgehead atoms. The molecule has 0 aromatic heterocycles. The molecule has 0 saturated carbocycles. The van der Waals surface area contributed by atoms with Crippen molar-refractivity contribution >= 4 is 22.2 Å². The number of hydrogen-bond donors (Lipinski definition) is 1. The summed E-state index contributed by atoms with van der Waals surface area (Å²) >= 11 is 2.70. The molecule has 0 spiro atoms. The minimum atomic E-state index is -0.294. The predicted molar refractivity (Wildman–Crippen MR) is 88.8 cm³/mol. The van der Waals surface area contributed by atoms with E-state index in [1.807, 2.05) is 12.1 Å². The van der Waals surface area contributed by atoms with Crippen molar-refractivity contribution in [2.75, 3.05) is 0 Å². The van der Waals surface area contributed by atoms with Gasteiger partial charge in [-0.2, -0.15) is 0 Å². The van der Waals surface area contributed by atoms with Crippen molar-refractivity contribution in [2.45, 2.75) is 65.2 Å². The summed E-state index contributed by atoms with van der Waals surface area (Å²) in [4.78, 5) is 11.3. The third-order valence-electron chi connectivity index (χ3n) is 3.49. The summed E-state index contributed by atoms with van der Waals surface area (Å²) in [6, 6.07) is 3.98. The highest BCUT2D eigenvalue weighted by Gasteiger charge is 2.26. The van der Waals surface area contributed by atoms with Crippen molar-refractivity contribution in [3.8, 4) is 5.75 Å². The molecule has 4 heteroatoms. The summed E-state index contributed by atoms with van der Waals surface area (Å²) in [6.45, 7) is 12.4. The van der Waals surface area contributed by atoms with Crippen LogP contribution in [-0.2, 0) is 25.9 Å². The van der Waals surface area contributed by atoms with Crippen LogP contribution in [0.25, 0.3) is 0 Å². The average molecular weight is 357 g/mol. The predicted octanol–water partition coefficient (Wildman–Crippen LogP) is 4.77. The van der Waals surface area contributed by atoms with Crippen molar-refractivity contribution in [1.82, 2.24) is 0 Å². The molecule has 1 aromatic rings. The summed E-state index contributed by atoms with van der Waals surface area (Å²) in [5, 5.41) is 10.6. The Balaban J connectivity index is 3.31. The van der Waals surface area contributed by atoms with Crippen LogP contribution in [0.1, 0.15) is 64.7 Å². The number of phenols is 1. The molecule has 1 rings (SSSR count). The third kappa shape index (κ3) is 4.73. The molecule has 0 saturated heterocycles. The van der Waals surface area contributed by atoms with Crippen LogP contribution < -0.4 is 0 Å². The van der Waals surface area contributed by atoms with E-state index in [1.54, 1.807) is 0 Å². The van der Waals surface area contributed by atoms with Gasteiger partial charge in [-0.15, -0.1) is 0 Å². The molecule has 0 heterocycles. The number of halogens is 1. The largest absolute Gasteiger partial charge is 0.507 e. The summed E-state index contributed by atoms with van der Waals surface area (Å²) in [5.41, 5.74) is 2.56. The Morgan fingerprint density at radius 3 is 1.86 bits per heavy atom. The van der Waals surface area contributed by atoms with Gasteiger partial charge >= 0.3 is 5.97 Å². The van der Waals surface area contributed by atoms with Crippen molar-refractivity contribution in [3.05, 3.63) is 28.8 Å². The van der Waals surface area contributed by atoms with E-state index in [0.29, 0.717) is 18.6 Å². The van der Waals surface area contributed by atoms with Crippen LogP contribution in [0, 0.1) is 0 Å². The Bertz CT molecular complexity index is 487. The van der Waals surface area contributed by atoms with E-state index in [9.17, 15) is 9.90 Å². The highest BCUT2D eigenvalue weighted by Crippen LogP contribution is 2.39. The molecule has 0 aliphatic rings. The Hall–Kier alpha value is -1.03. The second kappa shape index (κ2) is 6.39. The number of aryl methyl sites for hydroxylation is 1. The number of phenolic OH excluding ortho intramolecular Hbond substituents is 1. The van der Waals surface area contributed by atoms with Crippen LogP contribution in [0.4, 0.5) is 0 Å². The lowest BCUT2D eigenvalue weighted by Crippen LogP contribution is -2.18. The first-order valence-corrected chi connectivity index (χ1v) is 7.80. The number of rotatable bonds is 3. The van der Waals surface area contributed by atoms with Crippen molar-refractivity contribution in [1.29, 1.82) is 0 Å². The molecule has 0 amide bonds. The average Bonchev–Trinajstić information content (AvgIpc) is 2.34. The monoisotopic (exact) mass is 356 g/mol. The number of aromatic hydroxyl groups is 1. The Morgan fingerprint density at radius 2 is 1.52 bits per heavy atom. The Kier molecular flexibility index (Phi) is 5.48. The molecule has 0 radical (unpaired) electrons. The highest BCUT2D eigenvalue weighted by atomic mass is 79.9.